The summed E-state index contributed by atoms with van der Waals surface area (Å²) in [6.07, 6.45) is 6.37. The van der Waals surface area contributed by atoms with E-state index in [0.29, 0.717) is 51.5 Å². The van der Waals surface area contributed by atoms with E-state index in [1.807, 2.05) is 44.2 Å². The largest absolute Gasteiger partial charge is 0.353 e. The topological polar surface area (TPSA) is 158 Å². The molecule has 0 aliphatic rings. The Labute approximate surface area is 252 Å². The SMILES string of the molecule is CC(C)CC(=O)Nc1cncc(-c2ccc3[nH]nc(-c4cc5c(-c6cc(F)cc(CNS(C)(=O)=O)c6)nccc5[nH]4)c3n2)c1. The van der Waals surface area contributed by atoms with Gasteiger partial charge in [-0.3, -0.25) is 19.9 Å². The van der Waals surface area contributed by atoms with E-state index in [1.165, 1.54) is 12.1 Å². The smallest absolute Gasteiger partial charge is 0.224 e. The van der Waals surface area contributed by atoms with Crippen LogP contribution in [0.1, 0.15) is 25.8 Å². The Hall–Kier alpha value is -5.01. The van der Waals surface area contributed by atoms with Gasteiger partial charge < -0.3 is 10.3 Å². The zero-order valence-corrected chi connectivity index (χ0v) is 25.0. The fraction of sp³-hybridized carbons (Fsp3) is 0.194. The molecule has 0 fully saturated rings. The summed E-state index contributed by atoms with van der Waals surface area (Å²) in [5, 5.41) is 11.2. The highest BCUT2D eigenvalue weighted by molar-refractivity contribution is 7.88. The van der Waals surface area contributed by atoms with Crippen LogP contribution < -0.4 is 10.0 Å². The summed E-state index contributed by atoms with van der Waals surface area (Å²) >= 11 is 0. The van der Waals surface area contributed by atoms with Crippen molar-refractivity contribution in [2.45, 2.75) is 26.8 Å². The van der Waals surface area contributed by atoms with Crippen molar-refractivity contribution < 1.29 is 17.6 Å². The van der Waals surface area contributed by atoms with Crippen molar-refractivity contribution in [3.63, 3.8) is 0 Å². The molecule has 11 nitrogen and oxygen atoms in total. The fourth-order valence-electron chi connectivity index (χ4n) is 4.99. The van der Waals surface area contributed by atoms with Crippen molar-refractivity contribution in [3.8, 4) is 33.9 Å². The van der Waals surface area contributed by atoms with Crippen LogP contribution in [0.3, 0.4) is 0 Å². The molecular formula is C31H29FN8O3S. The average molecular weight is 613 g/mol. The first kappa shape index (κ1) is 29.1. The van der Waals surface area contributed by atoms with E-state index in [2.05, 4.69) is 35.2 Å². The van der Waals surface area contributed by atoms with Gasteiger partial charge in [-0.05, 0) is 60.0 Å². The second-order valence-corrected chi connectivity index (χ2v) is 12.9. The van der Waals surface area contributed by atoms with E-state index in [0.717, 1.165) is 28.2 Å². The Kier molecular flexibility index (Phi) is 7.66. The zero-order valence-electron chi connectivity index (χ0n) is 24.1. The fourth-order valence-corrected chi connectivity index (χ4v) is 5.42. The van der Waals surface area contributed by atoms with Gasteiger partial charge in [-0.2, -0.15) is 5.10 Å². The van der Waals surface area contributed by atoms with Gasteiger partial charge in [0.2, 0.25) is 15.9 Å². The lowest BCUT2D eigenvalue weighted by Crippen LogP contribution is -2.21. The number of nitrogens with one attached hydrogen (secondary N) is 4. The lowest BCUT2D eigenvalue weighted by molar-refractivity contribution is -0.116. The van der Waals surface area contributed by atoms with Gasteiger partial charge in [-0.25, -0.2) is 22.5 Å². The minimum Gasteiger partial charge on any atom is -0.353 e. The molecule has 0 saturated carbocycles. The molecule has 4 N–H and O–H groups in total. The number of hydrogen-bond acceptors (Lipinski definition) is 7. The van der Waals surface area contributed by atoms with Crippen LogP contribution in [0.5, 0.6) is 0 Å². The average Bonchev–Trinajstić information content (AvgIpc) is 3.59. The van der Waals surface area contributed by atoms with E-state index in [9.17, 15) is 17.6 Å². The van der Waals surface area contributed by atoms with Gasteiger partial charge in [0.25, 0.3) is 0 Å². The van der Waals surface area contributed by atoms with E-state index >= 15 is 0 Å². The van der Waals surface area contributed by atoms with Crippen molar-refractivity contribution in [3.05, 3.63) is 78.5 Å². The van der Waals surface area contributed by atoms with Crippen molar-refractivity contribution in [1.82, 2.24) is 34.9 Å². The van der Waals surface area contributed by atoms with E-state index in [-0.39, 0.29) is 18.4 Å². The molecule has 0 atom stereocenters. The van der Waals surface area contributed by atoms with Crippen LogP contribution >= 0.6 is 0 Å². The Morgan fingerprint density at radius 3 is 2.64 bits per heavy atom. The predicted molar refractivity (Wildman–Crippen MR) is 167 cm³/mol. The van der Waals surface area contributed by atoms with Crippen molar-refractivity contribution in [2.24, 2.45) is 5.92 Å². The molecule has 13 heteroatoms. The number of fused-ring (bicyclic) bond motifs is 2. The lowest BCUT2D eigenvalue weighted by Gasteiger charge is -2.08. The summed E-state index contributed by atoms with van der Waals surface area (Å²) in [5.74, 6) is -0.343. The molecule has 0 aliphatic heterocycles. The van der Waals surface area contributed by atoms with Crippen LogP contribution in [0.25, 0.3) is 55.8 Å². The van der Waals surface area contributed by atoms with Crippen LogP contribution in [0, 0.1) is 11.7 Å². The number of anilines is 1. The number of aromatic amines is 2. The molecule has 0 saturated heterocycles. The first-order valence-electron chi connectivity index (χ1n) is 13.9. The number of carbonyl (C=O) groups is 1. The molecule has 224 valence electrons. The first-order valence-corrected chi connectivity index (χ1v) is 15.7. The number of benzene rings is 1. The Bertz CT molecular complexity index is 2140. The number of aromatic nitrogens is 6. The normalized spacial score (nSPS) is 11.9. The quantitative estimate of drug-likeness (QED) is 0.170. The first-order chi connectivity index (χ1) is 21.0. The molecule has 6 aromatic rings. The van der Waals surface area contributed by atoms with Crippen LogP contribution in [0.2, 0.25) is 0 Å². The molecule has 5 aromatic heterocycles. The van der Waals surface area contributed by atoms with E-state index < -0.39 is 15.8 Å². The minimum absolute atomic E-state index is 0.0477. The highest BCUT2D eigenvalue weighted by Gasteiger charge is 2.17. The number of amides is 1. The summed E-state index contributed by atoms with van der Waals surface area (Å²) in [6.45, 7) is 3.92. The molecule has 0 aliphatic carbocycles. The van der Waals surface area contributed by atoms with Crippen LogP contribution in [-0.2, 0) is 21.4 Å². The molecule has 0 radical (unpaired) electrons. The number of nitrogens with zero attached hydrogens (tertiary/aromatic N) is 4. The van der Waals surface area contributed by atoms with Crippen LogP contribution in [0.4, 0.5) is 10.1 Å². The third-order valence-electron chi connectivity index (χ3n) is 6.89. The summed E-state index contributed by atoms with van der Waals surface area (Å²) in [5.41, 5.74) is 6.83. The molecular weight excluding hydrogens is 583 g/mol. The Balaban J connectivity index is 1.36. The highest BCUT2D eigenvalue weighted by atomic mass is 32.2. The number of sulfonamides is 1. The zero-order chi connectivity index (χ0) is 31.0. The number of carbonyl (C=O) groups excluding carboxylic acids is 1. The van der Waals surface area contributed by atoms with E-state index in [4.69, 9.17) is 4.98 Å². The number of pyridine rings is 3. The van der Waals surface area contributed by atoms with Crippen molar-refractivity contribution in [1.29, 1.82) is 0 Å². The molecule has 0 bridgehead atoms. The van der Waals surface area contributed by atoms with E-state index in [1.54, 1.807) is 24.7 Å². The van der Waals surface area contributed by atoms with Crippen LogP contribution in [-0.4, -0.2) is 50.7 Å². The van der Waals surface area contributed by atoms with Gasteiger partial charge in [0.1, 0.15) is 17.0 Å². The third-order valence-corrected chi connectivity index (χ3v) is 7.56. The minimum atomic E-state index is -3.45. The Morgan fingerprint density at radius 1 is 1.00 bits per heavy atom. The third kappa shape index (κ3) is 6.33. The molecule has 5 heterocycles. The molecule has 0 spiro atoms. The summed E-state index contributed by atoms with van der Waals surface area (Å²) in [7, 11) is -3.45. The summed E-state index contributed by atoms with van der Waals surface area (Å²) in [4.78, 5) is 29.3. The van der Waals surface area contributed by atoms with Crippen molar-refractivity contribution >= 4 is 43.6 Å². The van der Waals surface area contributed by atoms with Gasteiger partial charge in [0, 0.05) is 47.4 Å². The highest BCUT2D eigenvalue weighted by Crippen LogP contribution is 2.34. The molecule has 1 aromatic carbocycles. The van der Waals surface area contributed by atoms with Gasteiger partial charge in [0.05, 0.1) is 40.7 Å². The summed E-state index contributed by atoms with van der Waals surface area (Å²) in [6, 6.07) is 13.6. The lowest BCUT2D eigenvalue weighted by atomic mass is 10.0. The van der Waals surface area contributed by atoms with Gasteiger partial charge in [-0.15, -0.1) is 0 Å². The second kappa shape index (κ2) is 11.6. The maximum absolute atomic E-state index is 14.6. The molecule has 0 unspecified atom stereocenters. The number of H-pyrrole nitrogens is 2. The number of rotatable bonds is 9. The maximum atomic E-state index is 14.6. The monoisotopic (exact) mass is 612 g/mol. The molecule has 1 amide bonds. The second-order valence-electron chi connectivity index (χ2n) is 11.0. The summed E-state index contributed by atoms with van der Waals surface area (Å²) < 4.78 is 40.1. The molecule has 44 heavy (non-hydrogen) atoms. The predicted octanol–water partition coefficient (Wildman–Crippen LogP) is 5.40. The molecule has 6 rings (SSSR count). The van der Waals surface area contributed by atoms with Crippen LogP contribution in [0.15, 0.2) is 67.1 Å². The standard InChI is InChI=1S/C31H29FN8O3S/c1-17(2)8-28(41)36-22-12-20(15-33-16-22)24-4-5-26-30(38-24)31(40-39-26)27-13-23-25(37-27)6-7-34-29(23)19-9-18(10-21(32)11-19)14-35-44(3,42)43/h4-7,9-13,15-17,35,37H,8,14H2,1-3H3,(H,36,41)(H,39,40). The van der Waals surface area contributed by atoms with Gasteiger partial charge in [0.15, 0.2) is 0 Å². The number of halogens is 1. The Morgan fingerprint density at radius 2 is 1.84 bits per heavy atom. The van der Waals surface area contributed by atoms with Gasteiger partial charge in [-0.1, -0.05) is 13.8 Å². The maximum Gasteiger partial charge on any atom is 0.224 e. The number of hydrogen-bond donors (Lipinski definition) is 4. The van der Waals surface area contributed by atoms with Gasteiger partial charge >= 0.3 is 0 Å². The van der Waals surface area contributed by atoms with Crippen molar-refractivity contribution in [2.75, 3.05) is 11.6 Å².